The summed E-state index contributed by atoms with van der Waals surface area (Å²) in [6.07, 6.45) is -1.30. The highest BCUT2D eigenvalue weighted by atomic mass is 16.6. The molecule has 15 nitrogen and oxygen atoms in total. The largest absolute Gasteiger partial charge is 0.464 e. The molecule has 0 aliphatic carbocycles. The van der Waals surface area contributed by atoms with Crippen molar-refractivity contribution < 1.29 is 62.0 Å². The lowest BCUT2D eigenvalue weighted by atomic mass is 9.90. The topological polar surface area (TPSA) is 207 Å². The van der Waals surface area contributed by atoms with Crippen LogP contribution in [-0.2, 0) is 57.2 Å². The molecule has 0 fully saturated rings. The highest BCUT2D eigenvalue weighted by Gasteiger charge is 2.51. The van der Waals surface area contributed by atoms with Gasteiger partial charge in [-0.15, -0.1) is 0 Å². The number of benzene rings is 2. The maximum Gasteiger partial charge on any atom is 0.344 e. The quantitative estimate of drug-likeness (QED) is 0.105. The van der Waals surface area contributed by atoms with Crippen LogP contribution in [0.25, 0.3) is 0 Å². The molecule has 0 saturated carbocycles. The van der Waals surface area contributed by atoms with Gasteiger partial charge in [-0.05, 0) is 19.4 Å². The van der Waals surface area contributed by atoms with E-state index >= 15 is 0 Å². The van der Waals surface area contributed by atoms with E-state index in [0.29, 0.717) is 11.1 Å². The van der Waals surface area contributed by atoms with Gasteiger partial charge in [0.1, 0.15) is 24.9 Å². The number of Topliss-reactive ketones (excluding diaryl/α,β-unsaturated/α-hetero) is 1. The van der Waals surface area contributed by atoms with Gasteiger partial charge in [0, 0.05) is 46.6 Å². The van der Waals surface area contributed by atoms with Crippen molar-refractivity contribution >= 4 is 47.4 Å². The monoisotopic (exact) mass is 714 g/mol. The predicted octanol–water partition coefficient (Wildman–Crippen LogP) is 2.94. The molecule has 1 atom stereocenters. The van der Waals surface area contributed by atoms with Gasteiger partial charge >= 0.3 is 29.8 Å². The van der Waals surface area contributed by atoms with Gasteiger partial charge < -0.3 is 34.3 Å². The SMILES string of the molecule is CC(=O)NC(COC(C)=O)(COC(C)=O)CC(OC(C)=O)c1ccccc1.CCOC(=O)C(CC(=O)c1ccccc1)(NC(C)=O)C(=O)OCC. The van der Waals surface area contributed by atoms with Crippen molar-refractivity contribution in [1.82, 2.24) is 10.6 Å². The summed E-state index contributed by atoms with van der Waals surface area (Å²) >= 11 is 0. The molecule has 2 rings (SSSR count). The molecule has 1 unspecified atom stereocenters. The van der Waals surface area contributed by atoms with Crippen LogP contribution in [0.4, 0.5) is 0 Å². The van der Waals surface area contributed by atoms with E-state index in [0.717, 1.165) is 6.92 Å². The van der Waals surface area contributed by atoms with Crippen LogP contribution in [0.1, 0.15) is 83.3 Å². The second-order valence-electron chi connectivity index (χ2n) is 11.2. The fraction of sp³-hybridized carbons (Fsp3) is 0.444. The number of carbonyl (C=O) groups is 8. The van der Waals surface area contributed by atoms with Gasteiger partial charge in [0.15, 0.2) is 5.78 Å². The molecule has 2 aromatic carbocycles. The molecule has 15 heteroatoms. The van der Waals surface area contributed by atoms with Crippen LogP contribution in [0.3, 0.4) is 0 Å². The van der Waals surface area contributed by atoms with E-state index in [1.54, 1.807) is 68.4 Å². The zero-order chi connectivity index (χ0) is 38.6. The Balaban J connectivity index is 0.000000514. The Morgan fingerprint density at radius 1 is 0.608 bits per heavy atom. The van der Waals surface area contributed by atoms with Gasteiger partial charge in [0.05, 0.1) is 19.6 Å². The first-order chi connectivity index (χ1) is 24.0. The Kier molecular flexibility index (Phi) is 18.3. The van der Waals surface area contributed by atoms with Crippen LogP contribution in [-0.4, -0.2) is 84.9 Å². The number of nitrogens with one attached hydrogen (secondary N) is 2. The first-order valence-corrected chi connectivity index (χ1v) is 16.0. The molecule has 278 valence electrons. The number of ketones is 1. The molecule has 2 amide bonds. The number of hydrogen-bond donors (Lipinski definition) is 2. The summed E-state index contributed by atoms with van der Waals surface area (Å²) < 4.78 is 25.4. The molecule has 0 radical (unpaired) electrons. The van der Waals surface area contributed by atoms with E-state index in [2.05, 4.69) is 10.6 Å². The molecule has 2 N–H and O–H groups in total. The third-order valence-corrected chi connectivity index (χ3v) is 6.76. The van der Waals surface area contributed by atoms with Crippen molar-refractivity contribution in [3.05, 3.63) is 71.8 Å². The van der Waals surface area contributed by atoms with Crippen molar-refractivity contribution in [3.8, 4) is 0 Å². The minimum atomic E-state index is -2.20. The Morgan fingerprint density at radius 2 is 1.06 bits per heavy atom. The number of ether oxygens (including phenoxy) is 5. The lowest BCUT2D eigenvalue weighted by molar-refractivity contribution is -0.168. The maximum atomic E-state index is 12.5. The molecule has 0 aliphatic rings. The summed E-state index contributed by atoms with van der Waals surface area (Å²) in [7, 11) is 0. The number of amides is 2. The van der Waals surface area contributed by atoms with Crippen molar-refractivity contribution in [2.75, 3.05) is 26.4 Å². The number of hydrogen-bond acceptors (Lipinski definition) is 13. The smallest absolute Gasteiger partial charge is 0.344 e. The van der Waals surface area contributed by atoms with Crippen LogP contribution in [0.2, 0.25) is 0 Å². The van der Waals surface area contributed by atoms with Gasteiger partial charge in [0.2, 0.25) is 17.4 Å². The highest BCUT2D eigenvalue weighted by molar-refractivity contribution is 6.13. The maximum absolute atomic E-state index is 12.5. The van der Waals surface area contributed by atoms with E-state index in [4.69, 9.17) is 23.7 Å². The Bertz CT molecular complexity index is 1470. The summed E-state index contributed by atoms with van der Waals surface area (Å²) in [5, 5.41) is 4.95. The van der Waals surface area contributed by atoms with E-state index < -0.39 is 71.0 Å². The summed E-state index contributed by atoms with van der Waals surface area (Å²) in [5.41, 5.74) is -2.47. The van der Waals surface area contributed by atoms with Crippen LogP contribution in [0.15, 0.2) is 60.7 Å². The summed E-state index contributed by atoms with van der Waals surface area (Å²) in [5.74, 6) is -5.25. The van der Waals surface area contributed by atoms with Crippen LogP contribution in [0.5, 0.6) is 0 Å². The standard InChI is InChI=1S/C19H25NO7.C17H21NO6/c1-13(21)20-19(11-25-14(2)22,12-26-15(3)23)10-18(27-16(4)24)17-8-6-5-7-9-17;1-4-23-15(21)17(18-12(3)19,16(22)24-5-2)11-14(20)13-9-7-6-8-10-13/h5-9,18H,10-12H2,1-4H3,(H,20,21);6-10H,4-5,11H2,1-3H3,(H,18,19). The Hall–Kier alpha value is -5.60. The minimum Gasteiger partial charge on any atom is -0.464 e. The molecule has 51 heavy (non-hydrogen) atoms. The third-order valence-electron chi connectivity index (χ3n) is 6.76. The number of carbonyl (C=O) groups excluding carboxylic acids is 8. The van der Waals surface area contributed by atoms with Crippen LogP contribution in [0, 0.1) is 0 Å². The second kappa shape index (κ2) is 21.5. The highest BCUT2D eigenvalue weighted by Crippen LogP contribution is 2.29. The Labute approximate surface area is 296 Å². The summed E-state index contributed by atoms with van der Waals surface area (Å²) in [6.45, 7) is 8.74. The van der Waals surface area contributed by atoms with E-state index in [1.807, 2.05) is 6.07 Å². The molecular weight excluding hydrogens is 668 g/mol. The minimum absolute atomic E-state index is 0.0148. The lowest BCUT2D eigenvalue weighted by Crippen LogP contribution is -2.62. The van der Waals surface area contributed by atoms with Crippen molar-refractivity contribution in [2.24, 2.45) is 0 Å². The average molecular weight is 715 g/mol. The second-order valence-corrected chi connectivity index (χ2v) is 11.2. The van der Waals surface area contributed by atoms with Gasteiger partial charge in [0.25, 0.3) is 0 Å². The molecule has 0 aromatic heterocycles. The lowest BCUT2D eigenvalue weighted by Gasteiger charge is -2.36. The predicted molar refractivity (Wildman–Crippen MR) is 181 cm³/mol. The Morgan fingerprint density at radius 3 is 1.45 bits per heavy atom. The molecule has 0 heterocycles. The summed E-state index contributed by atoms with van der Waals surface area (Å²) in [4.78, 5) is 94.9. The normalized spacial score (nSPS) is 11.3. The molecule has 0 saturated heterocycles. The fourth-order valence-electron chi connectivity index (χ4n) is 4.74. The fourth-order valence-corrected chi connectivity index (χ4v) is 4.74. The van der Waals surface area contributed by atoms with E-state index in [-0.39, 0.29) is 32.8 Å². The van der Waals surface area contributed by atoms with E-state index in [1.165, 1.54) is 27.7 Å². The zero-order valence-corrected chi connectivity index (χ0v) is 29.9. The van der Waals surface area contributed by atoms with Gasteiger partial charge in [-0.25, -0.2) is 9.59 Å². The van der Waals surface area contributed by atoms with Crippen LogP contribution >= 0.6 is 0 Å². The first kappa shape index (κ1) is 43.4. The molecule has 0 bridgehead atoms. The zero-order valence-electron chi connectivity index (χ0n) is 29.9. The molecule has 2 aromatic rings. The third kappa shape index (κ3) is 15.2. The van der Waals surface area contributed by atoms with Crippen molar-refractivity contribution in [2.45, 2.75) is 78.5 Å². The van der Waals surface area contributed by atoms with Crippen molar-refractivity contribution in [1.29, 1.82) is 0 Å². The van der Waals surface area contributed by atoms with Crippen molar-refractivity contribution in [3.63, 3.8) is 0 Å². The number of rotatable bonds is 17. The molecule has 0 aliphatic heterocycles. The first-order valence-electron chi connectivity index (χ1n) is 16.0. The van der Waals surface area contributed by atoms with Crippen LogP contribution < -0.4 is 10.6 Å². The average Bonchev–Trinajstić information content (AvgIpc) is 3.06. The summed E-state index contributed by atoms with van der Waals surface area (Å²) in [6, 6.07) is 17.1. The number of esters is 5. The molecule has 0 spiro atoms. The molecular formula is C36H46N2O13. The van der Waals surface area contributed by atoms with Gasteiger partial charge in [-0.1, -0.05) is 60.7 Å². The van der Waals surface area contributed by atoms with E-state index in [9.17, 15) is 38.4 Å². The van der Waals surface area contributed by atoms with Gasteiger partial charge in [-0.2, -0.15) is 0 Å². The van der Waals surface area contributed by atoms with Gasteiger partial charge in [-0.3, -0.25) is 28.8 Å².